The minimum absolute atomic E-state index is 0.235. The maximum atomic E-state index is 13.7. The molecule has 0 aliphatic rings. The standard InChI is InChI=1S/C20H19FN4O/c1-13-6-5-7-14(2)19(13)25-20(26)17-10-18(24-12-23-17)22-11-15-8-3-4-9-16(15)21/h3-10,12H,11H2,1-2H3,(H,25,26)(H,22,23,24). The molecule has 1 heterocycles. The highest BCUT2D eigenvalue weighted by Gasteiger charge is 2.12. The Bertz CT molecular complexity index is 922. The first-order chi connectivity index (χ1) is 12.5. The summed E-state index contributed by atoms with van der Waals surface area (Å²) >= 11 is 0. The van der Waals surface area contributed by atoms with Gasteiger partial charge in [0.15, 0.2) is 0 Å². The number of amides is 1. The van der Waals surface area contributed by atoms with Gasteiger partial charge in [-0.2, -0.15) is 0 Å². The molecule has 0 bridgehead atoms. The van der Waals surface area contributed by atoms with Crippen molar-refractivity contribution in [2.45, 2.75) is 20.4 Å². The molecule has 0 unspecified atom stereocenters. The molecule has 0 aliphatic heterocycles. The highest BCUT2D eigenvalue weighted by molar-refractivity contribution is 6.04. The number of hydrogen-bond donors (Lipinski definition) is 2. The van der Waals surface area contributed by atoms with Gasteiger partial charge in [-0.1, -0.05) is 36.4 Å². The first-order valence-electron chi connectivity index (χ1n) is 8.21. The molecule has 1 amide bonds. The lowest BCUT2D eigenvalue weighted by Gasteiger charge is -2.12. The normalized spacial score (nSPS) is 10.4. The number of nitrogens with zero attached hydrogens (tertiary/aromatic N) is 2. The molecule has 0 saturated carbocycles. The van der Waals surface area contributed by atoms with Crippen molar-refractivity contribution in [3.05, 3.63) is 83.1 Å². The van der Waals surface area contributed by atoms with Crippen molar-refractivity contribution in [1.82, 2.24) is 9.97 Å². The van der Waals surface area contributed by atoms with Crippen LogP contribution in [0.5, 0.6) is 0 Å². The van der Waals surface area contributed by atoms with E-state index in [1.165, 1.54) is 12.4 Å². The number of nitrogens with one attached hydrogen (secondary N) is 2. The smallest absolute Gasteiger partial charge is 0.274 e. The van der Waals surface area contributed by atoms with Crippen LogP contribution in [0.3, 0.4) is 0 Å². The number of carbonyl (C=O) groups is 1. The highest BCUT2D eigenvalue weighted by Crippen LogP contribution is 2.20. The maximum Gasteiger partial charge on any atom is 0.274 e. The number of benzene rings is 2. The Morgan fingerprint density at radius 1 is 1.04 bits per heavy atom. The van der Waals surface area contributed by atoms with E-state index in [0.717, 1.165) is 16.8 Å². The molecule has 5 nitrogen and oxygen atoms in total. The van der Waals surface area contributed by atoms with Crippen molar-refractivity contribution >= 4 is 17.4 Å². The SMILES string of the molecule is Cc1cccc(C)c1NC(=O)c1cc(NCc2ccccc2F)ncn1. The predicted molar refractivity (Wildman–Crippen MR) is 99.6 cm³/mol. The van der Waals surface area contributed by atoms with Crippen LogP contribution in [0.25, 0.3) is 0 Å². The highest BCUT2D eigenvalue weighted by atomic mass is 19.1. The molecule has 3 rings (SSSR count). The van der Waals surface area contributed by atoms with Gasteiger partial charge in [0.05, 0.1) is 0 Å². The van der Waals surface area contributed by atoms with Crippen molar-refractivity contribution in [3.8, 4) is 0 Å². The van der Waals surface area contributed by atoms with E-state index < -0.39 is 0 Å². The molecule has 3 aromatic rings. The molecule has 0 radical (unpaired) electrons. The van der Waals surface area contributed by atoms with E-state index in [1.807, 2.05) is 32.0 Å². The van der Waals surface area contributed by atoms with Crippen molar-refractivity contribution in [3.63, 3.8) is 0 Å². The summed E-state index contributed by atoms with van der Waals surface area (Å²) in [5.74, 6) is -0.157. The lowest BCUT2D eigenvalue weighted by molar-refractivity contribution is 0.102. The van der Waals surface area contributed by atoms with Gasteiger partial charge < -0.3 is 10.6 Å². The van der Waals surface area contributed by atoms with Crippen molar-refractivity contribution in [1.29, 1.82) is 0 Å². The molecule has 2 aromatic carbocycles. The summed E-state index contributed by atoms with van der Waals surface area (Å²) in [6.45, 7) is 4.13. The van der Waals surface area contributed by atoms with Crippen LogP contribution in [0.4, 0.5) is 15.9 Å². The molecule has 2 N–H and O–H groups in total. The lowest BCUT2D eigenvalue weighted by atomic mass is 10.1. The van der Waals surface area contributed by atoms with E-state index in [4.69, 9.17) is 0 Å². The van der Waals surface area contributed by atoms with E-state index in [1.54, 1.807) is 24.3 Å². The molecule has 132 valence electrons. The fourth-order valence-electron chi connectivity index (χ4n) is 2.59. The topological polar surface area (TPSA) is 66.9 Å². The zero-order valence-corrected chi connectivity index (χ0v) is 14.6. The Labute approximate surface area is 151 Å². The zero-order valence-electron chi connectivity index (χ0n) is 14.6. The first kappa shape index (κ1) is 17.5. The van der Waals surface area contributed by atoms with Gasteiger partial charge in [-0.25, -0.2) is 14.4 Å². The summed E-state index contributed by atoms with van der Waals surface area (Å²) in [4.78, 5) is 20.6. The van der Waals surface area contributed by atoms with E-state index in [9.17, 15) is 9.18 Å². The summed E-state index contributed by atoms with van der Waals surface area (Å²) in [6.07, 6.45) is 1.31. The predicted octanol–water partition coefficient (Wildman–Crippen LogP) is 4.10. The second-order valence-corrected chi connectivity index (χ2v) is 5.95. The summed E-state index contributed by atoms with van der Waals surface area (Å²) in [5.41, 5.74) is 3.49. The average Bonchev–Trinajstić information content (AvgIpc) is 2.64. The average molecular weight is 350 g/mol. The van der Waals surface area contributed by atoms with Gasteiger partial charge in [-0.05, 0) is 31.0 Å². The molecule has 0 spiro atoms. The Balaban J connectivity index is 1.72. The number of halogens is 1. The second-order valence-electron chi connectivity index (χ2n) is 5.95. The molecular weight excluding hydrogens is 331 g/mol. The molecule has 0 atom stereocenters. The molecule has 1 aromatic heterocycles. The van der Waals surface area contributed by atoms with Crippen LogP contribution < -0.4 is 10.6 Å². The maximum absolute atomic E-state index is 13.7. The van der Waals surface area contributed by atoms with Crippen molar-refractivity contribution in [2.24, 2.45) is 0 Å². The summed E-state index contributed by atoms with van der Waals surface area (Å²) < 4.78 is 13.7. The number of aryl methyl sites for hydroxylation is 2. The van der Waals surface area contributed by atoms with Gasteiger partial charge in [-0.15, -0.1) is 0 Å². The van der Waals surface area contributed by atoms with Crippen LogP contribution in [0.15, 0.2) is 54.9 Å². The van der Waals surface area contributed by atoms with Gasteiger partial charge >= 0.3 is 0 Å². The van der Waals surface area contributed by atoms with Gasteiger partial charge in [0, 0.05) is 23.9 Å². The zero-order chi connectivity index (χ0) is 18.5. The van der Waals surface area contributed by atoms with E-state index in [-0.39, 0.29) is 24.0 Å². The van der Waals surface area contributed by atoms with E-state index in [2.05, 4.69) is 20.6 Å². The van der Waals surface area contributed by atoms with E-state index >= 15 is 0 Å². The third-order valence-electron chi connectivity index (χ3n) is 4.04. The van der Waals surface area contributed by atoms with Crippen molar-refractivity contribution in [2.75, 3.05) is 10.6 Å². The Morgan fingerprint density at radius 3 is 2.50 bits per heavy atom. The summed E-state index contributed by atoms with van der Waals surface area (Å²) in [7, 11) is 0. The quantitative estimate of drug-likeness (QED) is 0.727. The van der Waals surface area contributed by atoms with E-state index in [0.29, 0.717) is 11.4 Å². The minimum atomic E-state index is -0.321. The molecule has 26 heavy (non-hydrogen) atoms. The van der Waals surface area contributed by atoms with Gasteiger partial charge in [-0.3, -0.25) is 4.79 Å². The Hall–Kier alpha value is -3.28. The monoisotopic (exact) mass is 350 g/mol. The number of rotatable bonds is 5. The molecule has 0 aliphatic carbocycles. The lowest BCUT2D eigenvalue weighted by Crippen LogP contribution is -2.16. The van der Waals surface area contributed by atoms with Crippen LogP contribution in [0, 0.1) is 19.7 Å². The number of hydrogen-bond acceptors (Lipinski definition) is 4. The van der Waals surface area contributed by atoms with Crippen LogP contribution in [0.1, 0.15) is 27.2 Å². The third-order valence-corrected chi connectivity index (χ3v) is 4.04. The van der Waals surface area contributed by atoms with Crippen LogP contribution >= 0.6 is 0 Å². The number of anilines is 2. The summed E-state index contributed by atoms with van der Waals surface area (Å²) in [5, 5.41) is 5.90. The van der Waals surface area contributed by atoms with Crippen LogP contribution in [-0.4, -0.2) is 15.9 Å². The third kappa shape index (κ3) is 4.03. The van der Waals surface area contributed by atoms with Crippen molar-refractivity contribution < 1.29 is 9.18 Å². The number of para-hydroxylation sites is 1. The van der Waals surface area contributed by atoms with Gasteiger partial charge in [0.1, 0.15) is 23.7 Å². The Morgan fingerprint density at radius 2 is 1.77 bits per heavy atom. The second kappa shape index (κ2) is 7.74. The molecule has 0 saturated heterocycles. The number of aromatic nitrogens is 2. The fraction of sp³-hybridized carbons (Fsp3) is 0.150. The molecule has 6 heteroatoms. The van der Waals surface area contributed by atoms with Gasteiger partial charge in [0.25, 0.3) is 5.91 Å². The largest absolute Gasteiger partial charge is 0.366 e. The fourth-order valence-corrected chi connectivity index (χ4v) is 2.59. The molecule has 0 fully saturated rings. The van der Waals surface area contributed by atoms with Gasteiger partial charge in [0.2, 0.25) is 0 Å². The first-order valence-corrected chi connectivity index (χ1v) is 8.21. The Kier molecular flexibility index (Phi) is 5.22. The van der Waals surface area contributed by atoms with Crippen LogP contribution in [0.2, 0.25) is 0 Å². The molecular formula is C20H19FN4O. The minimum Gasteiger partial charge on any atom is -0.366 e. The van der Waals surface area contributed by atoms with Crippen LogP contribution in [-0.2, 0) is 6.54 Å². The summed E-state index contributed by atoms with van der Waals surface area (Å²) in [6, 6.07) is 13.9. The number of carbonyl (C=O) groups excluding carboxylic acids is 1.